The predicted octanol–water partition coefficient (Wildman–Crippen LogP) is 3.26. The number of nitrogens with zero attached hydrogens (tertiary/aromatic N) is 4. The van der Waals surface area contributed by atoms with Crippen LogP contribution >= 0.6 is 0 Å². The molecule has 2 aromatic rings. The molecular weight excluding hydrogens is 414 g/mol. The number of carbonyl (C=O) groups excluding carboxylic acids is 2. The summed E-state index contributed by atoms with van der Waals surface area (Å²) in [5.41, 5.74) is 0.713. The monoisotopic (exact) mass is 451 g/mol. The second kappa shape index (κ2) is 9.89. The van der Waals surface area contributed by atoms with Gasteiger partial charge in [-0.15, -0.1) is 0 Å². The van der Waals surface area contributed by atoms with Gasteiger partial charge < -0.3 is 15.1 Å². The molecule has 1 aliphatic heterocycles. The summed E-state index contributed by atoms with van der Waals surface area (Å²) >= 11 is 0. The first-order valence-corrected chi connectivity index (χ1v) is 11.7. The molecule has 1 aliphatic rings. The van der Waals surface area contributed by atoms with Crippen LogP contribution in [0, 0.1) is 6.92 Å². The zero-order chi connectivity index (χ0) is 24.2. The van der Waals surface area contributed by atoms with Crippen LogP contribution in [-0.4, -0.2) is 59.4 Å². The highest BCUT2D eigenvalue weighted by Crippen LogP contribution is 2.33. The number of carbonyl (C=O) groups is 2. The lowest BCUT2D eigenvalue weighted by atomic mass is 9.80. The van der Waals surface area contributed by atoms with Crippen molar-refractivity contribution in [1.82, 2.24) is 20.2 Å². The van der Waals surface area contributed by atoms with Gasteiger partial charge in [-0.25, -0.2) is 9.97 Å². The van der Waals surface area contributed by atoms with Gasteiger partial charge in [0.15, 0.2) is 0 Å². The van der Waals surface area contributed by atoms with Gasteiger partial charge in [0.05, 0.1) is 0 Å². The number of nitrogens with one attached hydrogen (secondary N) is 1. The maximum atomic E-state index is 13.5. The quantitative estimate of drug-likeness (QED) is 0.699. The van der Waals surface area contributed by atoms with E-state index in [-0.39, 0.29) is 17.2 Å². The van der Waals surface area contributed by atoms with Crippen LogP contribution < -0.4 is 10.2 Å². The van der Waals surface area contributed by atoms with Crippen molar-refractivity contribution in [3.05, 3.63) is 53.5 Å². The molecule has 1 fully saturated rings. The SMILES string of the molecule is Cc1cc(N(C)C)nc([C@@]2(C)CCCN(C(=O)C(C)(C)NC(=O)CCc3ccccc3)C2)n1. The molecule has 2 amide bonds. The number of amides is 2. The van der Waals surface area contributed by atoms with E-state index in [1.54, 1.807) is 13.8 Å². The van der Waals surface area contributed by atoms with E-state index < -0.39 is 5.54 Å². The van der Waals surface area contributed by atoms with E-state index in [2.05, 4.69) is 12.2 Å². The smallest absolute Gasteiger partial charge is 0.247 e. The third-order valence-corrected chi connectivity index (χ3v) is 6.29. The Morgan fingerprint density at radius 3 is 2.55 bits per heavy atom. The predicted molar refractivity (Wildman–Crippen MR) is 131 cm³/mol. The fourth-order valence-electron chi connectivity index (χ4n) is 4.41. The molecule has 0 bridgehead atoms. The number of hydrogen-bond donors (Lipinski definition) is 1. The summed E-state index contributed by atoms with van der Waals surface area (Å²) in [6, 6.07) is 11.9. The number of likely N-dealkylation sites (tertiary alicyclic amines) is 1. The summed E-state index contributed by atoms with van der Waals surface area (Å²) in [6.07, 6.45) is 2.78. The zero-order valence-electron chi connectivity index (χ0n) is 20.8. The van der Waals surface area contributed by atoms with Crippen LogP contribution in [-0.2, 0) is 21.4 Å². The highest BCUT2D eigenvalue weighted by Gasteiger charge is 2.41. The molecule has 1 aromatic heterocycles. The van der Waals surface area contributed by atoms with E-state index in [4.69, 9.17) is 9.97 Å². The molecule has 3 rings (SSSR count). The molecule has 0 unspecified atom stereocenters. The highest BCUT2D eigenvalue weighted by molar-refractivity contribution is 5.91. The number of benzene rings is 1. The van der Waals surface area contributed by atoms with Crippen molar-refractivity contribution in [1.29, 1.82) is 0 Å². The van der Waals surface area contributed by atoms with Gasteiger partial charge in [0.25, 0.3) is 0 Å². The lowest BCUT2D eigenvalue weighted by Crippen LogP contribution is -2.59. The Kier molecular flexibility index (Phi) is 7.40. The fourth-order valence-corrected chi connectivity index (χ4v) is 4.41. The molecule has 0 saturated carbocycles. The van der Waals surface area contributed by atoms with Crippen LogP contribution in [0.5, 0.6) is 0 Å². The molecule has 33 heavy (non-hydrogen) atoms. The zero-order valence-corrected chi connectivity index (χ0v) is 20.8. The summed E-state index contributed by atoms with van der Waals surface area (Å²) in [5.74, 6) is 1.46. The number of aryl methyl sites for hydroxylation is 2. The molecule has 0 radical (unpaired) electrons. The van der Waals surface area contributed by atoms with Crippen LogP contribution in [0.25, 0.3) is 0 Å². The molecule has 7 heteroatoms. The molecule has 1 aromatic carbocycles. The number of hydrogen-bond acceptors (Lipinski definition) is 5. The van der Waals surface area contributed by atoms with Crippen molar-refractivity contribution in [3.63, 3.8) is 0 Å². The van der Waals surface area contributed by atoms with Crippen molar-refractivity contribution in [3.8, 4) is 0 Å². The van der Waals surface area contributed by atoms with Gasteiger partial charge in [0.2, 0.25) is 11.8 Å². The first-order valence-electron chi connectivity index (χ1n) is 11.7. The maximum absolute atomic E-state index is 13.5. The molecule has 1 atom stereocenters. The summed E-state index contributed by atoms with van der Waals surface area (Å²) in [7, 11) is 3.93. The molecule has 1 saturated heterocycles. The summed E-state index contributed by atoms with van der Waals surface area (Å²) in [4.78, 5) is 39.4. The first kappa shape index (κ1) is 24.7. The Bertz CT molecular complexity index is 989. The van der Waals surface area contributed by atoms with Gasteiger partial charge in [-0.2, -0.15) is 0 Å². The van der Waals surface area contributed by atoms with Crippen LogP contribution in [0.1, 0.15) is 57.1 Å². The van der Waals surface area contributed by atoms with Crippen LogP contribution in [0.2, 0.25) is 0 Å². The van der Waals surface area contributed by atoms with Crippen molar-refractivity contribution in [2.75, 3.05) is 32.1 Å². The van der Waals surface area contributed by atoms with Crippen LogP contribution in [0.4, 0.5) is 5.82 Å². The number of piperidine rings is 1. The van der Waals surface area contributed by atoms with Gasteiger partial charge in [-0.1, -0.05) is 37.3 Å². The molecule has 2 heterocycles. The summed E-state index contributed by atoms with van der Waals surface area (Å²) < 4.78 is 0. The van der Waals surface area contributed by atoms with E-state index >= 15 is 0 Å². The van der Waals surface area contributed by atoms with E-state index in [9.17, 15) is 9.59 Å². The number of rotatable bonds is 7. The Hall–Kier alpha value is -2.96. The van der Waals surface area contributed by atoms with Crippen LogP contribution in [0.15, 0.2) is 36.4 Å². The number of aromatic nitrogens is 2. The first-order chi connectivity index (χ1) is 15.5. The van der Waals surface area contributed by atoms with E-state index in [0.717, 1.165) is 35.7 Å². The molecule has 0 aliphatic carbocycles. The average molecular weight is 452 g/mol. The Morgan fingerprint density at radius 1 is 1.18 bits per heavy atom. The van der Waals surface area contributed by atoms with Gasteiger partial charge in [0, 0.05) is 50.8 Å². The molecular formula is C26H37N5O2. The van der Waals surface area contributed by atoms with Crippen molar-refractivity contribution >= 4 is 17.6 Å². The summed E-state index contributed by atoms with van der Waals surface area (Å²) in [6.45, 7) is 8.88. The minimum atomic E-state index is -0.978. The van der Waals surface area contributed by atoms with Crippen molar-refractivity contribution < 1.29 is 9.59 Å². The number of anilines is 1. The molecule has 178 valence electrons. The fraction of sp³-hybridized carbons (Fsp3) is 0.538. The van der Waals surface area contributed by atoms with E-state index in [1.165, 1.54) is 0 Å². The lowest BCUT2D eigenvalue weighted by molar-refractivity contribution is -0.142. The second-order valence-corrected chi connectivity index (χ2v) is 10.1. The standard InChI is InChI=1S/C26H37N5O2/c1-19-17-21(30(5)6)28-23(27-19)26(4)15-10-16-31(18-26)24(33)25(2,3)29-22(32)14-13-20-11-8-7-9-12-20/h7-9,11-12,17H,10,13-16,18H2,1-6H3,(H,29,32)/t26-/m0/s1. The van der Waals surface area contributed by atoms with Crippen molar-refractivity contribution in [2.45, 2.75) is 64.3 Å². The van der Waals surface area contributed by atoms with Gasteiger partial charge in [-0.3, -0.25) is 9.59 Å². The highest BCUT2D eigenvalue weighted by atomic mass is 16.2. The molecule has 7 nitrogen and oxygen atoms in total. The lowest BCUT2D eigenvalue weighted by Gasteiger charge is -2.42. The van der Waals surface area contributed by atoms with Gasteiger partial charge >= 0.3 is 0 Å². The van der Waals surface area contributed by atoms with Gasteiger partial charge in [-0.05, 0) is 45.6 Å². The topological polar surface area (TPSA) is 78.4 Å². The second-order valence-electron chi connectivity index (χ2n) is 10.1. The Labute approximate surface area is 197 Å². The third kappa shape index (κ3) is 6.09. The molecule has 1 N–H and O–H groups in total. The maximum Gasteiger partial charge on any atom is 0.247 e. The van der Waals surface area contributed by atoms with E-state index in [1.807, 2.05) is 67.2 Å². The third-order valence-electron chi connectivity index (χ3n) is 6.29. The van der Waals surface area contributed by atoms with Gasteiger partial charge in [0.1, 0.15) is 17.2 Å². The van der Waals surface area contributed by atoms with Crippen LogP contribution in [0.3, 0.4) is 0 Å². The Morgan fingerprint density at radius 2 is 1.88 bits per heavy atom. The minimum Gasteiger partial charge on any atom is -0.363 e. The van der Waals surface area contributed by atoms with E-state index in [0.29, 0.717) is 25.9 Å². The Balaban J connectivity index is 1.68. The minimum absolute atomic E-state index is 0.0676. The normalized spacial score (nSPS) is 18.7. The molecule has 0 spiro atoms. The summed E-state index contributed by atoms with van der Waals surface area (Å²) in [5, 5.41) is 2.96. The largest absolute Gasteiger partial charge is 0.363 e. The van der Waals surface area contributed by atoms with Crippen molar-refractivity contribution in [2.24, 2.45) is 0 Å². The average Bonchev–Trinajstić information content (AvgIpc) is 2.77.